The molecule has 0 heterocycles. The number of unbranched alkanes of at least 4 members (excludes halogenated alkanes) is 78. The first-order valence-electron chi connectivity index (χ1n) is 64.5. The zero-order chi connectivity index (χ0) is 106. The van der Waals surface area contributed by atoms with Crippen LogP contribution in [0.1, 0.15) is 678 Å². The molecule has 2 N–H and O–H groups in total. The largest absolute Gasteiger partial charge is 0.466 e. The van der Waals surface area contributed by atoms with Crippen LogP contribution in [0.15, 0.2) is 0 Å². The second-order valence-electron chi connectivity index (χ2n) is 43.8. The maximum absolute atomic E-state index is 12.6. The van der Waals surface area contributed by atoms with E-state index >= 15 is 0 Å². The van der Waals surface area contributed by atoms with E-state index in [1.54, 1.807) is 0 Å². The Morgan fingerprint density at radius 3 is 0.490 bits per heavy atom. The molecule has 145 heavy (non-hydrogen) atoms. The van der Waals surface area contributed by atoms with Crippen molar-refractivity contribution in [2.45, 2.75) is 678 Å². The fourth-order valence-corrected chi connectivity index (χ4v) is 19.3. The van der Waals surface area contributed by atoms with Gasteiger partial charge in [-0.1, -0.05) is 559 Å². The minimum Gasteiger partial charge on any atom is -0.466 e. The summed E-state index contributed by atoms with van der Waals surface area (Å²) in [4.78, 5) is 80.0. The molecule has 0 fully saturated rings. The van der Waals surface area contributed by atoms with Gasteiger partial charge in [0.25, 0.3) is 0 Å². The molecule has 17 heteroatoms. The Morgan fingerprint density at radius 2 is 0.303 bits per heavy atom. The molecule has 0 saturated carbocycles. The van der Waals surface area contributed by atoms with Gasteiger partial charge in [0.15, 0.2) is 0 Å². The minimum atomic E-state index is -0.0896. The maximum Gasteiger partial charge on any atom is 0.305 e. The van der Waals surface area contributed by atoms with Gasteiger partial charge in [0, 0.05) is 43.9 Å². The standard InChI is InChI=1S/C61H120N2O6.C43H85NO4.C19H37BrO2.C5H13N/c1-5-8-11-14-17-20-23-26-29-32-35-38-41-56-67-59(64)48-44-51-62(4)52-47-55-63(53-45-49-60(65)68-57-42-39-36-33-30-27-24-21-18-15-12-9-6-2)54-46-50-61(66)69-58-43-40-37-34-31-28-25-22-19-16-13-10-7-3;1-4-6-8-10-12-14-16-18-20-22-24-29-33-40-47-42(45)36-31-27-26-28-32-38-44(3)39-35-37-43(46)48-41-34-30-25-23-21-19-17-15-13-11-9-7-5-2;1-2-3-4-5-6-7-8-9-10-11-12-13-14-18-22-19(21)16-15-17-20;1-2-3-4-5-6/h5-58H2,1-4H3;4-41H2,1-3H3;2-18H2,1H3;2-6H2,1H3. The number of carbonyl (C=O) groups excluding carboxylic acids is 6. The lowest BCUT2D eigenvalue weighted by molar-refractivity contribution is -0.145. The fraction of sp³-hybridized carbons (Fsp3) is 0.953. The highest BCUT2D eigenvalue weighted by Gasteiger charge is 2.15. The second-order valence-corrected chi connectivity index (χ2v) is 44.6. The van der Waals surface area contributed by atoms with Crippen LogP contribution in [0.3, 0.4) is 0 Å². The average Bonchev–Trinajstić information content (AvgIpc) is 0.963. The normalized spacial score (nSPS) is 11.3. The van der Waals surface area contributed by atoms with Crippen LogP contribution in [-0.2, 0) is 57.2 Å². The lowest BCUT2D eigenvalue weighted by Crippen LogP contribution is -2.31. The van der Waals surface area contributed by atoms with Crippen molar-refractivity contribution in [3.8, 4) is 0 Å². The van der Waals surface area contributed by atoms with Crippen LogP contribution in [0.2, 0.25) is 0 Å². The Bertz CT molecular complexity index is 2430. The van der Waals surface area contributed by atoms with Crippen molar-refractivity contribution >= 4 is 51.7 Å². The van der Waals surface area contributed by atoms with E-state index in [0.717, 1.165) is 167 Å². The highest BCUT2D eigenvalue weighted by molar-refractivity contribution is 9.09. The van der Waals surface area contributed by atoms with Crippen LogP contribution in [0.4, 0.5) is 0 Å². The van der Waals surface area contributed by atoms with Crippen molar-refractivity contribution in [1.82, 2.24) is 14.7 Å². The molecule has 0 spiro atoms. The van der Waals surface area contributed by atoms with E-state index in [4.69, 9.17) is 34.2 Å². The van der Waals surface area contributed by atoms with Gasteiger partial charge in [-0.05, 0) is 163 Å². The monoisotopic (exact) mass is 2120 g/mol. The summed E-state index contributed by atoms with van der Waals surface area (Å²) in [6.45, 7) is 26.5. The van der Waals surface area contributed by atoms with Crippen LogP contribution < -0.4 is 5.73 Å². The van der Waals surface area contributed by atoms with E-state index in [1.807, 2.05) is 0 Å². The Labute approximate surface area is 912 Å². The summed E-state index contributed by atoms with van der Waals surface area (Å²) in [6, 6.07) is 0. The molecule has 0 aliphatic carbocycles. The van der Waals surface area contributed by atoms with Crippen molar-refractivity contribution in [3.05, 3.63) is 0 Å². The predicted molar refractivity (Wildman–Crippen MR) is 632 cm³/mol. The highest BCUT2D eigenvalue weighted by atomic mass is 79.9. The SMILES string of the molecule is CCCCCCCCCCCCCCCOC(=O)CCCBr.CCCCCCCCCCCCCCCOC(=O)CCCCCCCN(C)CCCC(=O)OCCCCCCCCCCCCCCC.CCCCCCCCCCCCCCCOC(=O)CCCN(C)CCCN(CCCC(=O)OCCCCCCCCCCCCCCC)CCCC(=O)OCCCCCCCCCCCCCCC.CCCCCN. The number of hydrogen-bond acceptors (Lipinski definition) is 16. The zero-order valence-electron chi connectivity index (χ0n) is 99.1. The summed E-state index contributed by atoms with van der Waals surface area (Å²) in [5.74, 6) is -0.346. The molecule has 0 rings (SSSR count). The number of esters is 6. The third-order valence-corrected chi connectivity index (χ3v) is 29.4. The third kappa shape index (κ3) is 139. The van der Waals surface area contributed by atoms with Gasteiger partial charge in [-0.15, -0.1) is 0 Å². The van der Waals surface area contributed by atoms with E-state index in [9.17, 15) is 28.8 Å². The summed E-state index contributed by atoms with van der Waals surface area (Å²) in [7, 11) is 4.27. The minimum absolute atomic E-state index is 0.0171. The Hall–Kier alpha value is -2.86. The van der Waals surface area contributed by atoms with Crippen molar-refractivity contribution in [1.29, 1.82) is 0 Å². The lowest BCUT2D eigenvalue weighted by Gasteiger charge is -2.24. The van der Waals surface area contributed by atoms with Gasteiger partial charge in [0.05, 0.1) is 39.6 Å². The first kappa shape index (κ1) is 148. The van der Waals surface area contributed by atoms with Gasteiger partial charge < -0.3 is 48.9 Å². The van der Waals surface area contributed by atoms with Gasteiger partial charge in [-0.25, -0.2) is 0 Å². The van der Waals surface area contributed by atoms with Gasteiger partial charge in [-0.3, -0.25) is 28.8 Å². The van der Waals surface area contributed by atoms with E-state index in [0.29, 0.717) is 78.2 Å². The number of halogens is 1. The summed E-state index contributed by atoms with van der Waals surface area (Å²) >= 11 is 3.32. The number of nitrogens with zero attached hydrogens (tertiary/aromatic N) is 3. The van der Waals surface area contributed by atoms with Gasteiger partial charge in [-0.2, -0.15) is 0 Å². The average molecular weight is 2120 g/mol. The van der Waals surface area contributed by atoms with Crippen LogP contribution in [0.25, 0.3) is 0 Å². The molecule has 0 radical (unpaired) electrons. The number of alkyl halides is 1. The van der Waals surface area contributed by atoms with Crippen LogP contribution in [0, 0.1) is 0 Å². The summed E-state index contributed by atoms with van der Waals surface area (Å²) in [5.41, 5.74) is 5.21. The van der Waals surface area contributed by atoms with E-state index in [-0.39, 0.29) is 35.8 Å². The van der Waals surface area contributed by atoms with Gasteiger partial charge in [0.2, 0.25) is 0 Å². The molecule has 0 aromatic carbocycles. The van der Waals surface area contributed by atoms with Crippen molar-refractivity contribution < 1.29 is 57.2 Å². The molecule has 0 bridgehead atoms. The van der Waals surface area contributed by atoms with E-state index in [2.05, 4.69) is 93.2 Å². The van der Waals surface area contributed by atoms with E-state index in [1.165, 1.54) is 482 Å². The number of nitrogens with two attached hydrogens (primary N) is 1. The summed E-state index contributed by atoms with van der Waals surface area (Å²) in [5, 5.41) is 0.876. The maximum atomic E-state index is 12.6. The molecule has 0 unspecified atom stereocenters. The summed E-state index contributed by atoms with van der Waals surface area (Å²) in [6.07, 6.45) is 121. The Balaban J connectivity index is -0.00000112. The number of carbonyl (C=O) groups is 6. The van der Waals surface area contributed by atoms with Crippen molar-refractivity contribution in [2.75, 3.05) is 111 Å². The molecular weight excluding hydrogens is 1870 g/mol. The molecule has 866 valence electrons. The molecule has 0 atom stereocenters. The molecule has 0 amide bonds. The first-order chi connectivity index (χ1) is 71.2. The molecule has 0 aromatic heterocycles. The molecule has 0 aliphatic rings. The molecule has 16 nitrogen and oxygen atoms in total. The van der Waals surface area contributed by atoms with Crippen LogP contribution >= 0.6 is 15.9 Å². The second kappa shape index (κ2) is 135. The molecule has 0 aliphatic heterocycles. The smallest absolute Gasteiger partial charge is 0.305 e. The summed E-state index contributed by atoms with van der Waals surface area (Å²) < 4.78 is 32.8. The van der Waals surface area contributed by atoms with Crippen molar-refractivity contribution in [2.24, 2.45) is 5.73 Å². The molecule has 0 saturated heterocycles. The van der Waals surface area contributed by atoms with Crippen LogP contribution in [0.5, 0.6) is 0 Å². The first-order valence-corrected chi connectivity index (χ1v) is 65.7. The van der Waals surface area contributed by atoms with Gasteiger partial charge >= 0.3 is 35.8 Å². The Kier molecular flexibility index (Phi) is 138. The van der Waals surface area contributed by atoms with E-state index < -0.39 is 0 Å². The number of rotatable bonds is 118. The van der Waals surface area contributed by atoms with Crippen LogP contribution in [-0.4, -0.2) is 162 Å². The van der Waals surface area contributed by atoms with Crippen molar-refractivity contribution in [3.63, 3.8) is 0 Å². The zero-order valence-corrected chi connectivity index (χ0v) is 101. The number of ether oxygens (including phenoxy) is 6. The van der Waals surface area contributed by atoms with Gasteiger partial charge in [0.1, 0.15) is 0 Å². The number of hydrogen-bond donors (Lipinski definition) is 1. The predicted octanol–water partition coefficient (Wildman–Crippen LogP) is 39.1. The lowest BCUT2D eigenvalue weighted by atomic mass is 10.0. The highest BCUT2D eigenvalue weighted by Crippen LogP contribution is 2.22. The molecular formula is C128H255BrN4O12. The Morgan fingerprint density at radius 1 is 0.166 bits per heavy atom. The topological polar surface area (TPSA) is 194 Å². The third-order valence-electron chi connectivity index (χ3n) is 28.9. The quantitative estimate of drug-likeness (QED) is 0.0261. The fourth-order valence-electron chi connectivity index (χ4n) is 19.1. The molecule has 0 aromatic rings.